The molecule has 3 aromatic rings. The van der Waals surface area contributed by atoms with Gasteiger partial charge in [0.05, 0.1) is 11.5 Å². The predicted molar refractivity (Wildman–Crippen MR) is 125 cm³/mol. The molecule has 1 aliphatic heterocycles. The van der Waals surface area contributed by atoms with E-state index in [1.165, 1.54) is 22.5 Å². The zero-order chi connectivity index (χ0) is 24.1. The lowest BCUT2D eigenvalue weighted by molar-refractivity contribution is 0.0950. The van der Waals surface area contributed by atoms with Crippen LogP contribution < -0.4 is 14.8 Å². The van der Waals surface area contributed by atoms with Crippen LogP contribution in [0, 0.1) is 5.82 Å². The standard InChI is InChI=1S/C25H25FN2O5S/c1-2-32-21-8-10-22(11-9-21)34(30,31)28-13-14-33-24-12-7-18(15-20(24)17-28)25(29)27-16-19-5-3-4-6-23(19)26/h3-12,15H,2,13-14,16-17H2,1H3,(H,27,29). The Balaban J connectivity index is 1.51. The van der Waals surface area contributed by atoms with Gasteiger partial charge in [-0.05, 0) is 55.5 Å². The third kappa shape index (κ3) is 5.21. The Morgan fingerprint density at radius 3 is 2.62 bits per heavy atom. The van der Waals surface area contributed by atoms with E-state index in [0.29, 0.717) is 34.8 Å². The fraction of sp³-hybridized carbons (Fsp3) is 0.240. The number of fused-ring (bicyclic) bond motifs is 1. The van der Waals surface area contributed by atoms with Gasteiger partial charge in [0.1, 0.15) is 23.9 Å². The van der Waals surface area contributed by atoms with Gasteiger partial charge in [0.25, 0.3) is 5.91 Å². The van der Waals surface area contributed by atoms with Gasteiger partial charge in [0, 0.05) is 36.3 Å². The molecule has 3 aromatic carbocycles. The normalized spacial score (nSPS) is 13.9. The van der Waals surface area contributed by atoms with Crippen molar-refractivity contribution < 1.29 is 27.1 Å². The molecule has 0 spiro atoms. The number of carbonyl (C=O) groups is 1. The summed E-state index contributed by atoms with van der Waals surface area (Å²) in [5.41, 5.74) is 1.28. The van der Waals surface area contributed by atoms with Gasteiger partial charge in [-0.25, -0.2) is 12.8 Å². The van der Waals surface area contributed by atoms with Gasteiger partial charge in [-0.3, -0.25) is 4.79 Å². The zero-order valence-corrected chi connectivity index (χ0v) is 19.5. The van der Waals surface area contributed by atoms with Crippen LogP contribution in [0.15, 0.2) is 71.6 Å². The van der Waals surface area contributed by atoms with Crippen molar-refractivity contribution in [3.05, 3.63) is 89.2 Å². The Bertz CT molecular complexity index is 1280. The van der Waals surface area contributed by atoms with E-state index in [0.717, 1.165) is 0 Å². The van der Waals surface area contributed by atoms with Crippen molar-refractivity contribution in [3.8, 4) is 11.5 Å². The van der Waals surface area contributed by atoms with E-state index >= 15 is 0 Å². The quantitative estimate of drug-likeness (QED) is 0.552. The maximum atomic E-state index is 13.8. The molecule has 4 rings (SSSR count). The smallest absolute Gasteiger partial charge is 0.251 e. The number of hydrogen-bond donors (Lipinski definition) is 1. The molecule has 1 heterocycles. The first-order chi connectivity index (χ1) is 16.4. The molecule has 1 amide bonds. The third-order valence-electron chi connectivity index (χ3n) is 5.44. The molecule has 1 aliphatic rings. The molecule has 0 saturated carbocycles. The topological polar surface area (TPSA) is 84.9 Å². The summed E-state index contributed by atoms with van der Waals surface area (Å²) in [6.45, 7) is 2.79. The van der Waals surface area contributed by atoms with Crippen molar-refractivity contribution in [2.45, 2.75) is 24.9 Å². The Kier molecular flexibility index (Phi) is 7.14. The molecule has 7 nitrogen and oxygen atoms in total. The maximum Gasteiger partial charge on any atom is 0.251 e. The summed E-state index contributed by atoms with van der Waals surface area (Å²) in [6.07, 6.45) is 0. The van der Waals surface area contributed by atoms with Gasteiger partial charge in [-0.15, -0.1) is 0 Å². The summed E-state index contributed by atoms with van der Waals surface area (Å²) in [6, 6.07) is 17.4. The number of nitrogens with zero attached hydrogens (tertiary/aromatic N) is 1. The number of nitrogens with one attached hydrogen (secondary N) is 1. The Morgan fingerprint density at radius 1 is 1.12 bits per heavy atom. The lowest BCUT2D eigenvalue weighted by atomic mass is 10.1. The molecule has 9 heteroatoms. The maximum absolute atomic E-state index is 13.8. The Labute approximate surface area is 198 Å². The van der Waals surface area contributed by atoms with Crippen LogP contribution in [-0.4, -0.2) is 38.4 Å². The molecular weight excluding hydrogens is 459 g/mol. The number of halogens is 1. The van der Waals surface area contributed by atoms with Crippen LogP contribution in [0.25, 0.3) is 0 Å². The molecule has 0 unspecified atom stereocenters. The van der Waals surface area contributed by atoms with Crippen LogP contribution in [0.5, 0.6) is 11.5 Å². The third-order valence-corrected chi connectivity index (χ3v) is 7.30. The SMILES string of the molecule is CCOc1ccc(S(=O)(=O)N2CCOc3ccc(C(=O)NCc4ccccc4F)cc3C2)cc1. The second-order valence-electron chi connectivity index (χ2n) is 7.69. The first-order valence-electron chi connectivity index (χ1n) is 10.9. The number of amides is 1. The summed E-state index contributed by atoms with van der Waals surface area (Å²) in [5.74, 6) is 0.330. The van der Waals surface area contributed by atoms with Crippen LogP contribution in [0.2, 0.25) is 0 Å². The molecule has 1 N–H and O–H groups in total. The van der Waals surface area contributed by atoms with E-state index in [1.807, 2.05) is 6.92 Å². The molecule has 0 radical (unpaired) electrons. The van der Waals surface area contributed by atoms with Gasteiger partial charge in [0.15, 0.2) is 0 Å². The molecular formula is C25H25FN2O5S. The zero-order valence-electron chi connectivity index (χ0n) is 18.7. The van der Waals surface area contributed by atoms with Crippen LogP contribution in [0.4, 0.5) is 4.39 Å². The summed E-state index contributed by atoms with van der Waals surface area (Å²) in [4.78, 5) is 12.8. The van der Waals surface area contributed by atoms with Crippen molar-refractivity contribution in [2.75, 3.05) is 19.8 Å². The van der Waals surface area contributed by atoms with Crippen molar-refractivity contribution in [1.82, 2.24) is 9.62 Å². The number of sulfonamides is 1. The average Bonchev–Trinajstić information content (AvgIpc) is 3.06. The highest BCUT2D eigenvalue weighted by molar-refractivity contribution is 7.89. The van der Waals surface area contributed by atoms with Crippen molar-refractivity contribution in [1.29, 1.82) is 0 Å². The van der Waals surface area contributed by atoms with E-state index in [2.05, 4.69) is 5.32 Å². The first kappa shape index (κ1) is 23.7. The molecule has 34 heavy (non-hydrogen) atoms. The van der Waals surface area contributed by atoms with E-state index < -0.39 is 21.7 Å². The molecule has 0 atom stereocenters. The molecule has 0 saturated heterocycles. The summed E-state index contributed by atoms with van der Waals surface area (Å²) in [5, 5.41) is 2.70. The minimum absolute atomic E-state index is 0.0390. The lowest BCUT2D eigenvalue weighted by Crippen LogP contribution is -2.32. The fourth-order valence-corrected chi connectivity index (χ4v) is 5.06. The highest BCUT2D eigenvalue weighted by atomic mass is 32.2. The second kappa shape index (κ2) is 10.2. The van der Waals surface area contributed by atoms with Gasteiger partial charge < -0.3 is 14.8 Å². The fourth-order valence-electron chi connectivity index (χ4n) is 3.66. The highest BCUT2D eigenvalue weighted by Gasteiger charge is 2.28. The van der Waals surface area contributed by atoms with Crippen molar-refractivity contribution >= 4 is 15.9 Å². The van der Waals surface area contributed by atoms with E-state index in [4.69, 9.17) is 9.47 Å². The molecule has 178 valence electrons. The summed E-state index contributed by atoms with van der Waals surface area (Å²) in [7, 11) is -3.79. The van der Waals surface area contributed by atoms with Crippen LogP contribution in [-0.2, 0) is 23.1 Å². The summed E-state index contributed by atoms with van der Waals surface area (Å²) < 4.78 is 52.8. The van der Waals surface area contributed by atoms with Gasteiger partial charge in [0.2, 0.25) is 10.0 Å². The van der Waals surface area contributed by atoms with E-state index in [-0.39, 0.29) is 31.1 Å². The highest BCUT2D eigenvalue weighted by Crippen LogP contribution is 2.28. The second-order valence-corrected chi connectivity index (χ2v) is 9.63. The average molecular weight is 485 g/mol. The number of benzene rings is 3. The van der Waals surface area contributed by atoms with Crippen LogP contribution >= 0.6 is 0 Å². The first-order valence-corrected chi connectivity index (χ1v) is 12.3. The number of rotatable bonds is 7. The van der Waals surface area contributed by atoms with Crippen LogP contribution in [0.1, 0.15) is 28.4 Å². The minimum atomic E-state index is -3.79. The van der Waals surface area contributed by atoms with Gasteiger partial charge in [-0.1, -0.05) is 18.2 Å². The van der Waals surface area contributed by atoms with Gasteiger partial charge in [-0.2, -0.15) is 4.31 Å². The monoisotopic (exact) mass is 484 g/mol. The molecule has 0 fully saturated rings. The van der Waals surface area contributed by atoms with E-state index in [9.17, 15) is 17.6 Å². The number of hydrogen-bond acceptors (Lipinski definition) is 5. The molecule has 0 aromatic heterocycles. The number of ether oxygens (including phenoxy) is 2. The molecule has 0 aliphatic carbocycles. The van der Waals surface area contributed by atoms with Crippen molar-refractivity contribution in [2.24, 2.45) is 0 Å². The minimum Gasteiger partial charge on any atom is -0.494 e. The largest absolute Gasteiger partial charge is 0.494 e. The van der Waals surface area contributed by atoms with Gasteiger partial charge >= 0.3 is 0 Å². The van der Waals surface area contributed by atoms with Crippen molar-refractivity contribution in [3.63, 3.8) is 0 Å². The van der Waals surface area contributed by atoms with E-state index in [1.54, 1.807) is 48.5 Å². The Hall–Kier alpha value is -3.43. The predicted octanol–water partition coefficient (Wildman–Crippen LogP) is 3.74. The molecule has 0 bridgehead atoms. The number of carbonyl (C=O) groups excluding carboxylic acids is 1. The van der Waals surface area contributed by atoms with Crippen LogP contribution in [0.3, 0.4) is 0 Å². The lowest BCUT2D eigenvalue weighted by Gasteiger charge is -2.20. The summed E-state index contributed by atoms with van der Waals surface area (Å²) >= 11 is 0. The Morgan fingerprint density at radius 2 is 1.88 bits per heavy atom.